The molecule has 1 unspecified atom stereocenters. The number of carbonyl (C=O) groups is 2. The maximum atomic E-state index is 13.5. The van der Waals surface area contributed by atoms with Crippen LogP contribution in [0.15, 0.2) is 30.3 Å². The number of ether oxygens (including phenoxy) is 2. The molecule has 9 heteroatoms. The smallest absolute Gasteiger partial charge is 0.310 e. The van der Waals surface area contributed by atoms with Gasteiger partial charge in [-0.3, -0.25) is 14.5 Å². The second-order valence-electron chi connectivity index (χ2n) is 6.80. The van der Waals surface area contributed by atoms with E-state index in [0.717, 1.165) is 17.7 Å². The van der Waals surface area contributed by atoms with Crippen molar-refractivity contribution < 1.29 is 27.8 Å². The first kappa shape index (κ1) is 20.2. The van der Waals surface area contributed by atoms with E-state index in [0.29, 0.717) is 26.7 Å². The van der Waals surface area contributed by atoms with Gasteiger partial charge in [-0.25, -0.2) is 13.8 Å². The quantitative estimate of drug-likeness (QED) is 0.567. The first-order chi connectivity index (χ1) is 14.4. The molecule has 1 atom stereocenters. The lowest BCUT2D eigenvalue weighted by Gasteiger charge is -2.34. The molecule has 0 saturated carbocycles. The van der Waals surface area contributed by atoms with E-state index in [9.17, 15) is 18.4 Å². The summed E-state index contributed by atoms with van der Waals surface area (Å²) in [5.41, 5.74) is 1.69. The molecule has 2 aromatic carbocycles. The van der Waals surface area contributed by atoms with Gasteiger partial charge in [0.1, 0.15) is 10.8 Å². The predicted molar refractivity (Wildman–Crippen MR) is 108 cm³/mol. The molecular weight excluding hydrogens is 414 g/mol. The molecule has 1 aliphatic rings. The number of anilines is 1. The highest BCUT2D eigenvalue weighted by Gasteiger charge is 2.37. The molecule has 0 fully saturated rings. The van der Waals surface area contributed by atoms with Gasteiger partial charge < -0.3 is 9.47 Å². The second-order valence-corrected chi connectivity index (χ2v) is 7.92. The van der Waals surface area contributed by atoms with Gasteiger partial charge in [0, 0.05) is 6.07 Å². The lowest BCUT2D eigenvalue weighted by Crippen LogP contribution is -2.46. The number of thiazole rings is 1. The third kappa shape index (κ3) is 3.72. The maximum absolute atomic E-state index is 13.5. The highest BCUT2D eigenvalue weighted by atomic mass is 32.1. The van der Waals surface area contributed by atoms with E-state index in [4.69, 9.17) is 9.47 Å². The summed E-state index contributed by atoms with van der Waals surface area (Å²) in [6.07, 6.45) is -1.24. The number of halogens is 2. The Labute approximate surface area is 175 Å². The molecule has 0 N–H and O–H groups in total. The second kappa shape index (κ2) is 7.98. The van der Waals surface area contributed by atoms with Crippen LogP contribution in [-0.2, 0) is 20.9 Å². The Morgan fingerprint density at radius 3 is 2.83 bits per heavy atom. The summed E-state index contributed by atoms with van der Waals surface area (Å²) in [7, 11) is 0. The van der Waals surface area contributed by atoms with Crippen LogP contribution >= 0.6 is 11.3 Å². The van der Waals surface area contributed by atoms with Crippen LogP contribution in [0.3, 0.4) is 0 Å². The van der Waals surface area contributed by atoms with Gasteiger partial charge in [-0.05, 0) is 31.5 Å². The summed E-state index contributed by atoms with van der Waals surface area (Å²) in [4.78, 5) is 30.9. The Balaban J connectivity index is 1.69. The van der Waals surface area contributed by atoms with Gasteiger partial charge in [0.25, 0.3) is 5.91 Å². The zero-order chi connectivity index (χ0) is 21.4. The molecule has 0 spiro atoms. The Bertz CT molecular complexity index is 1110. The molecule has 0 saturated heterocycles. The minimum Gasteiger partial charge on any atom is -0.477 e. The Morgan fingerprint density at radius 2 is 2.07 bits per heavy atom. The standard InChI is InChI=1S/C21H18F2N2O4S/c1-3-28-19(26)9-16-21(27)25(15-6-4-5-11(2)20(15)29-16)10-18-24-14-7-12(22)13(23)8-17(14)30-18/h4-8,16H,3,9-10H2,1-2H3. The van der Waals surface area contributed by atoms with Gasteiger partial charge in [0.15, 0.2) is 17.7 Å². The van der Waals surface area contributed by atoms with Crippen molar-refractivity contribution in [3.63, 3.8) is 0 Å². The van der Waals surface area contributed by atoms with Gasteiger partial charge in [-0.15, -0.1) is 11.3 Å². The predicted octanol–water partition coefficient (Wildman–Crippen LogP) is 4.13. The van der Waals surface area contributed by atoms with E-state index in [1.54, 1.807) is 19.1 Å². The molecule has 4 rings (SSSR count). The van der Waals surface area contributed by atoms with E-state index in [1.165, 1.54) is 16.2 Å². The third-order valence-corrected chi connectivity index (χ3v) is 5.71. The highest BCUT2D eigenvalue weighted by Crippen LogP contribution is 2.39. The molecule has 0 bridgehead atoms. The largest absolute Gasteiger partial charge is 0.477 e. The summed E-state index contributed by atoms with van der Waals surface area (Å²) in [6, 6.07) is 7.51. The molecule has 0 aliphatic carbocycles. The number of aryl methyl sites for hydroxylation is 1. The Kier molecular flexibility index (Phi) is 5.38. The number of hydrogen-bond acceptors (Lipinski definition) is 6. The monoisotopic (exact) mass is 432 g/mol. The molecule has 2 heterocycles. The van der Waals surface area contributed by atoms with Crippen LogP contribution in [-0.4, -0.2) is 29.6 Å². The molecule has 6 nitrogen and oxygen atoms in total. The number of rotatable bonds is 5. The normalized spacial score (nSPS) is 15.8. The Morgan fingerprint density at radius 1 is 1.30 bits per heavy atom. The number of hydrogen-bond donors (Lipinski definition) is 0. The zero-order valence-electron chi connectivity index (χ0n) is 16.3. The van der Waals surface area contributed by atoms with Gasteiger partial charge in [-0.2, -0.15) is 0 Å². The van der Waals surface area contributed by atoms with E-state index in [2.05, 4.69) is 4.98 Å². The summed E-state index contributed by atoms with van der Waals surface area (Å²) >= 11 is 1.17. The van der Waals surface area contributed by atoms with Crippen molar-refractivity contribution in [2.75, 3.05) is 11.5 Å². The average molecular weight is 432 g/mol. The number of fused-ring (bicyclic) bond motifs is 2. The first-order valence-corrected chi connectivity index (χ1v) is 10.2. The number of esters is 1. The number of para-hydroxylation sites is 1. The van der Waals surface area contributed by atoms with E-state index < -0.39 is 29.6 Å². The summed E-state index contributed by atoms with van der Waals surface area (Å²) < 4.78 is 38.3. The number of benzene rings is 2. The third-order valence-electron chi connectivity index (χ3n) is 4.71. The van der Waals surface area contributed by atoms with Crippen LogP contribution in [0.5, 0.6) is 5.75 Å². The number of amides is 1. The van der Waals surface area contributed by atoms with Crippen LogP contribution in [0, 0.1) is 18.6 Å². The van der Waals surface area contributed by atoms with Crippen LogP contribution in [0.2, 0.25) is 0 Å². The summed E-state index contributed by atoms with van der Waals surface area (Å²) in [5.74, 6) is -2.35. The fraction of sp³-hybridized carbons (Fsp3) is 0.286. The van der Waals surface area contributed by atoms with Crippen LogP contribution in [0.25, 0.3) is 10.2 Å². The van der Waals surface area contributed by atoms with Crippen LogP contribution in [0.1, 0.15) is 23.9 Å². The topological polar surface area (TPSA) is 68.7 Å². The van der Waals surface area contributed by atoms with Crippen molar-refractivity contribution in [1.29, 1.82) is 0 Å². The van der Waals surface area contributed by atoms with Crippen molar-refractivity contribution >= 4 is 39.1 Å². The van der Waals surface area contributed by atoms with Crippen molar-refractivity contribution in [2.45, 2.75) is 32.9 Å². The summed E-state index contributed by atoms with van der Waals surface area (Å²) in [5, 5.41) is 0.507. The Hall–Kier alpha value is -3.07. The SMILES string of the molecule is CCOC(=O)CC1Oc2c(C)cccc2N(Cc2nc3cc(F)c(F)cc3s2)C1=O. The number of aromatic nitrogens is 1. The molecular formula is C21H18F2N2O4S. The molecule has 3 aromatic rings. The molecule has 156 valence electrons. The maximum Gasteiger partial charge on any atom is 0.310 e. The molecule has 30 heavy (non-hydrogen) atoms. The molecule has 0 radical (unpaired) electrons. The molecule has 1 aromatic heterocycles. The molecule has 1 amide bonds. The first-order valence-electron chi connectivity index (χ1n) is 9.35. The van der Waals surface area contributed by atoms with Crippen molar-refractivity contribution in [1.82, 2.24) is 4.98 Å². The van der Waals surface area contributed by atoms with E-state index in [-0.39, 0.29) is 19.6 Å². The van der Waals surface area contributed by atoms with Crippen LogP contribution in [0.4, 0.5) is 14.5 Å². The fourth-order valence-corrected chi connectivity index (χ4v) is 4.29. The van der Waals surface area contributed by atoms with E-state index in [1.807, 2.05) is 13.0 Å². The minimum absolute atomic E-state index is 0.0839. The van der Waals surface area contributed by atoms with Crippen LogP contribution < -0.4 is 9.64 Å². The van der Waals surface area contributed by atoms with Gasteiger partial charge in [-0.1, -0.05) is 12.1 Å². The summed E-state index contributed by atoms with van der Waals surface area (Å²) in [6.45, 7) is 3.82. The van der Waals surface area contributed by atoms with Gasteiger partial charge >= 0.3 is 5.97 Å². The van der Waals surface area contributed by atoms with Crippen molar-refractivity contribution in [2.24, 2.45) is 0 Å². The number of carbonyl (C=O) groups excluding carboxylic acids is 2. The van der Waals surface area contributed by atoms with Crippen molar-refractivity contribution in [3.8, 4) is 5.75 Å². The molecule has 1 aliphatic heterocycles. The lowest BCUT2D eigenvalue weighted by molar-refractivity contribution is -0.147. The number of nitrogens with zero attached hydrogens (tertiary/aromatic N) is 2. The zero-order valence-corrected chi connectivity index (χ0v) is 17.1. The minimum atomic E-state index is -1.03. The van der Waals surface area contributed by atoms with E-state index >= 15 is 0 Å². The lowest BCUT2D eigenvalue weighted by atomic mass is 10.1. The fourth-order valence-electron chi connectivity index (χ4n) is 3.33. The van der Waals surface area contributed by atoms with Crippen molar-refractivity contribution in [3.05, 3.63) is 52.5 Å². The van der Waals surface area contributed by atoms with Gasteiger partial charge in [0.2, 0.25) is 0 Å². The highest BCUT2D eigenvalue weighted by molar-refractivity contribution is 7.18. The van der Waals surface area contributed by atoms with Gasteiger partial charge in [0.05, 0.1) is 35.5 Å². The average Bonchev–Trinajstić information content (AvgIpc) is 3.07.